The molecule has 0 bridgehead atoms. The minimum Gasteiger partial charge on any atom is -0.384 e. The topological polar surface area (TPSA) is 64.5 Å². The van der Waals surface area contributed by atoms with Crippen LogP contribution in [0.25, 0.3) is 0 Å². The Hall–Kier alpha value is -1.80. The van der Waals surface area contributed by atoms with Crippen molar-refractivity contribution in [1.29, 1.82) is 5.26 Å². The molecule has 0 saturated heterocycles. The quantitative estimate of drug-likeness (QED) is 0.830. The van der Waals surface area contributed by atoms with Gasteiger partial charge in [0, 0.05) is 22.4 Å². The Morgan fingerprint density at radius 2 is 2.32 bits per heavy atom. The van der Waals surface area contributed by atoms with Gasteiger partial charge in [-0.05, 0) is 59.5 Å². The second-order valence-electron chi connectivity index (χ2n) is 4.36. The van der Waals surface area contributed by atoms with Gasteiger partial charge in [-0.3, -0.25) is 5.10 Å². The lowest BCUT2D eigenvalue weighted by atomic mass is 10.1. The molecule has 0 spiro atoms. The highest BCUT2D eigenvalue weighted by molar-refractivity contribution is 9.10. The fourth-order valence-corrected chi connectivity index (χ4v) is 2.38. The summed E-state index contributed by atoms with van der Waals surface area (Å²) in [4.78, 5) is 0. The van der Waals surface area contributed by atoms with Gasteiger partial charge in [-0.15, -0.1) is 0 Å². The zero-order chi connectivity index (χ0) is 13.7. The number of benzene rings is 1. The molecule has 4 nitrogen and oxygen atoms in total. The molecular weight excluding hydrogens is 304 g/mol. The minimum absolute atomic E-state index is 0.659. The number of H-pyrrole nitrogens is 1. The van der Waals surface area contributed by atoms with Gasteiger partial charge in [-0.25, -0.2) is 0 Å². The summed E-state index contributed by atoms with van der Waals surface area (Å²) in [6.07, 6.45) is 3.92. The fraction of sp³-hybridized carbons (Fsp3) is 0.286. The highest BCUT2D eigenvalue weighted by Crippen LogP contribution is 2.23. The number of nitriles is 1. The number of nitrogens with zero attached hydrogens (tertiary/aromatic N) is 2. The average molecular weight is 319 g/mol. The van der Waals surface area contributed by atoms with Crippen LogP contribution in [-0.2, 0) is 6.42 Å². The van der Waals surface area contributed by atoms with Crippen molar-refractivity contribution in [2.24, 2.45) is 0 Å². The van der Waals surface area contributed by atoms with Crippen molar-refractivity contribution < 1.29 is 0 Å². The lowest BCUT2D eigenvalue weighted by molar-refractivity contribution is 0.857. The Balaban J connectivity index is 1.83. The van der Waals surface area contributed by atoms with Crippen molar-refractivity contribution in [1.82, 2.24) is 10.2 Å². The SMILES string of the molecule is Cc1[nH]ncc1CCCNc1ccc(C#N)cc1Br. The van der Waals surface area contributed by atoms with E-state index < -0.39 is 0 Å². The van der Waals surface area contributed by atoms with Crippen LogP contribution in [0.1, 0.15) is 23.2 Å². The molecule has 2 rings (SSSR count). The number of rotatable bonds is 5. The largest absolute Gasteiger partial charge is 0.384 e. The summed E-state index contributed by atoms with van der Waals surface area (Å²) >= 11 is 3.46. The summed E-state index contributed by atoms with van der Waals surface area (Å²) in [6.45, 7) is 2.92. The maximum atomic E-state index is 8.80. The highest BCUT2D eigenvalue weighted by Gasteiger charge is 2.02. The van der Waals surface area contributed by atoms with Crippen molar-refractivity contribution in [2.45, 2.75) is 19.8 Å². The van der Waals surface area contributed by atoms with Crippen molar-refractivity contribution in [2.75, 3.05) is 11.9 Å². The normalized spacial score (nSPS) is 10.2. The molecule has 19 heavy (non-hydrogen) atoms. The molecule has 0 radical (unpaired) electrons. The van der Waals surface area contributed by atoms with Crippen molar-refractivity contribution in [3.05, 3.63) is 45.7 Å². The first-order chi connectivity index (χ1) is 9.20. The van der Waals surface area contributed by atoms with Crippen LogP contribution in [0.3, 0.4) is 0 Å². The van der Waals surface area contributed by atoms with E-state index in [4.69, 9.17) is 5.26 Å². The van der Waals surface area contributed by atoms with E-state index in [9.17, 15) is 0 Å². The standard InChI is InChI=1S/C14H15BrN4/c1-10-12(9-18-19-10)3-2-6-17-14-5-4-11(8-16)7-13(14)15/h4-5,7,9,17H,2-3,6H2,1H3,(H,18,19). The summed E-state index contributed by atoms with van der Waals surface area (Å²) in [6, 6.07) is 7.68. The monoisotopic (exact) mass is 318 g/mol. The second kappa shape index (κ2) is 6.39. The van der Waals surface area contributed by atoms with Crippen LogP contribution in [0.2, 0.25) is 0 Å². The zero-order valence-electron chi connectivity index (χ0n) is 10.7. The van der Waals surface area contributed by atoms with Gasteiger partial charge in [0.2, 0.25) is 0 Å². The van der Waals surface area contributed by atoms with Crippen LogP contribution >= 0.6 is 15.9 Å². The lowest BCUT2D eigenvalue weighted by Crippen LogP contribution is -2.03. The number of nitrogens with one attached hydrogen (secondary N) is 2. The molecule has 0 unspecified atom stereocenters. The first-order valence-electron chi connectivity index (χ1n) is 6.13. The number of aromatic amines is 1. The molecule has 0 aliphatic heterocycles. The highest BCUT2D eigenvalue weighted by atomic mass is 79.9. The van der Waals surface area contributed by atoms with Gasteiger partial charge in [-0.1, -0.05) is 0 Å². The first-order valence-corrected chi connectivity index (χ1v) is 6.92. The molecule has 0 saturated carbocycles. The molecule has 1 aromatic carbocycles. The number of halogens is 1. The van der Waals surface area contributed by atoms with Crippen molar-refractivity contribution in [3.8, 4) is 6.07 Å². The Morgan fingerprint density at radius 1 is 1.47 bits per heavy atom. The smallest absolute Gasteiger partial charge is 0.0992 e. The molecule has 0 aliphatic rings. The molecule has 98 valence electrons. The molecule has 0 fully saturated rings. The molecular formula is C14H15BrN4. The van der Waals surface area contributed by atoms with E-state index in [-0.39, 0.29) is 0 Å². The van der Waals surface area contributed by atoms with Gasteiger partial charge in [0.15, 0.2) is 0 Å². The Kier molecular flexibility index (Phi) is 4.58. The third-order valence-electron chi connectivity index (χ3n) is 2.97. The van der Waals surface area contributed by atoms with E-state index >= 15 is 0 Å². The minimum atomic E-state index is 0.659. The first kappa shape index (κ1) is 13.6. The van der Waals surface area contributed by atoms with Gasteiger partial charge in [0.25, 0.3) is 0 Å². The summed E-state index contributed by atoms with van der Waals surface area (Å²) in [5.74, 6) is 0. The summed E-state index contributed by atoms with van der Waals surface area (Å²) in [5.41, 5.74) is 4.08. The van der Waals surface area contributed by atoms with Crippen molar-refractivity contribution in [3.63, 3.8) is 0 Å². The summed E-state index contributed by atoms with van der Waals surface area (Å²) < 4.78 is 0.922. The van der Waals surface area contributed by atoms with Crippen LogP contribution in [0, 0.1) is 18.3 Å². The fourth-order valence-electron chi connectivity index (χ4n) is 1.86. The third-order valence-corrected chi connectivity index (χ3v) is 3.63. The predicted octanol–water partition coefficient (Wildman–Crippen LogP) is 3.40. The van der Waals surface area contributed by atoms with Gasteiger partial charge in [0.1, 0.15) is 0 Å². The predicted molar refractivity (Wildman–Crippen MR) is 79.0 cm³/mol. The number of aryl methyl sites for hydroxylation is 2. The third kappa shape index (κ3) is 3.58. The van der Waals surface area contributed by atoms with Crippen LogP contribution in [0.15, 0.2) is 28.9 Å². The Morgan fingerprint density at radius 3 is 2.95 bits per heavy atom. The van der Waals surface area contributed by atoms with Gasteiger partial charge < -0.3 is 5.32 Å². The number of hydrogen-bond acceptors (Lipinski definition) is 3. The van der Waals surface area contributed by atoms with E-state index in [2.05, 4.69) is 37.5 Å². The van der Waals surface area contributed by atoms with Crippen molar-refractivity contribution >= 4 is 21.6 Å². The van der Waals surface area contributed by atoms with E-state index in [0.717, 1.165) is 35.2 Å². The molecule has 1 aromatic heterocycles. The number of aromatic nitrogens is 2. The summed E-state index contributed by atoms with van der Waals surface area (Å²) in [7, 11) is 0. The van der Waals surface area contributed by atoms with Crippen LogP contribution in [-0.4, -0.2) is 16.7 Å². The maximum absolute atomic E-state index is 8.80. The second-order valence-corrected chi connectivity index (χ2v) is 5.21. The molecule has 2 N–H and O–H groups in total. The zero-order valence-corrected chi connectivity index (χ0v) is 12.3. The van der Waals surface area contributed by atoms with Gasteiger partial charge >= 0.3 is 0 Å². The van der Waals surface area contributed by atoms with E-state index in [0.29, 0.717) is 5.56 Å². The van der Waals surface area contributed by atoms with Gasteiger partial charge in [-0.2, -0.15) is 10.4 Å². The Labute approximate surface area is 121 Å². The molecule has 1 heterocycles. The maximum Gasteiger partial charge on any atom is 0.0992 e. The molecule has 5 heteroatoms. The number of anilines is 1. The Bertz CT molecular complexity index is 598. The van der Waals surface area contributed by atoms with Gasteiger partial charge in [0.05, 0.1) is 17.8 Å². The molecule has 2 aromatic rings. The molecule has 0 aliphatic carbocycles. The lowest BCUT2D eigenvalue weighted by Gasteiger charge is -2.08. The summed E-state index contributed by atoms with van der Waals surface area (Å²) in [5, 5.41) is 19.1. The van der Waals surface area contributed by atoms with E-state index in [1.165, 1.54) is 5.56 Å². The van der Waals surface area contributed by atoms with Crippen LogP contribution in [0.5, 0.6) is 0 Å². The number of hydrogen-bond donors (Lipinski definition) is 2. The molecule has 0 amide bonds. The van der Waals surface area contributed by atoms with Crippen LogP contribution in [0.4, 0.5) is 5.69 Å². The van der Waals surface area contributed by atoms with Crippen LogP contribution < -0.4 is 5.32 Å². The average Bonchev–Trinajstić information content (AvgIpc) is 2.81. The van der Waals surface area contributed by atoms with E-state index in [1.54, 1.807) is 0 Å². The molecule has 0 atom stereocenters. The van der Waals surface area contributed by atoms with E-state index in [1.807, 2.05) is 31.3 Å².